The van der Waals surface area contributed by atoms with Crippen LogP contribution in [0.5, 0.6) is 0 Å². The van der Waals surface area contributed by atoms with Crippen molar-refractivity contribution < 1.29 is 19.0 Å². The molecule has 3 heterocycles. The molecule has 1 aliphatic rings. The molecule has 8 nitrogen and oxygen atoms in total. The van der Waals surface area contributed by atoms with E-state index in [0.717, 1.165) is 16.9 Å². The van der Waals surface area contributed by atoms with Gasteiger partial charge in [0.2, 0.25) is 0 Å². The summed E-state index contributed by atoms with van der Waals surface area (Å²) in [4.78, 5) is 23.8. The summed E-state index contributed by atoms with van der Waals surface area (Å²) in [7, 11) is 0. The van der Waals surface area contributed by atoms with Crippen LogP contribution < -0.4 is 0 Å². The second-order valence-electron chi connectivity index (χ2n) is 6.37. The summed E-state index contributed by atoms with van der Waals surface area (Å²) in [6.45, 7) is 7.92. The van der Waals surface area contributed by atoms with Crippen molar-refractivity contribution in [2.45, 2.75) is 58.7 Å². The third-order valence-electron chi connectivity index (χ3n) is 3.95. The number of aromatic nitrogens is 4. The molecule has 8 heteroatoms. The minimum atomic E-state index is -0.674. The topological polar surface area (TPSA) is 88.4 Å². The van der Waals surface area contributed by atoms with Gasteiger partial charge in [0.1, 0.15) is 17.9 Å². The van der Waals surface area contributed by atoms with Gasteiger partial charge in [-0.05, 0) is 20.8 Å². The van der Waals surface area contributed by atoms with Gasteiger partial charge in [-0.2, -0.15) is 0 Å². The highest BCUT2D eigenvalue weighted by Gasteiger charge is 2.41. The second kappa shape index (κ2) is 6.45. The Balaban J connectivity index is 1.75. The van der Waals surface area contributed by atoms with Crippen molar-refractivity contribution in [3.05, 3.63) is 18.3 Å². The molecule has 2 aromatic heterocycles. The molecule has 1 fully saturated rings. The average Bonchev–Trinajstić information content (AvgIpc) is 3.01. The van der Waals surface area contributed by atoms with Gasteiger partial charge in [0.05, 0.1) is 31.3 Å². The molecule has 1 aliphatic heterocycles. The van der Waals surface area contributed by atoms with Gasteiger partial charge in [0.25, 0.3) is 0 Å². The molecule has 130 valence electrons. The van der Waals surface area contributed by atoms with Gasteiger partial charge in [0, 0.05) is 13.3 Å². The Labute approximate surface area is 140 Å². The number of hydrogen-bond donors (Lipinski definition) is 0. The van der Waals surface area contributed by atoms with Crippen LogP contribution in [0, 0.1) is 6.92 Å². The van der Waals surface area contributed by atoms with Crippen molar-refractivity contribution in [1.29, 1.82) is 0 Å². The van der Waals surface area contributed by atoms with Gasteiger partial charge in [-0.3, -0.25) is 4.79 Å². The molecule has 0 amide bonds. The van der Waals surface area contributed by atoms with Crippen LogP contribution in [0.25, 0.3) is 11.2 Å². The molecule has 0 radical (unpaired) electrons. The Morgan fingerprint density at radius 3 is 2.79 bits per heavy atom. The second-order valence-corrected chi connectivity index (χ2v) is 6.37. The van der Waals surface area contributed by atoms with Gasteiger partial charge >= 0.3 is 5.97 Å². The molecule has 0 N–H and O–H groups in total. The predicted molar refractivity (Wildman–Crippen MR) is 85.1 cm³/mol. The van der Waals surface area contributed by atoms with Crippen molar-refractivity contribution in [2.24, 2.45) is 0 Å². The lowest BCUT2D eigenvalue weighted by Gasteiger charge is -2.17. The fraction of sp³-hybridized carbons (Fsp3) is 0.625. The van der Waals surface area contributed by atoms with Gasteiger partial charge in [-0.15, -0.1) is 0 Å². The number of fused-ring (bicyclic) bond motifs is 1. The van der Waals surface area contributed by atoms with Crippen molar-refractivity contribution in [3.8, 4) is 0 Å². The minimum Gasteiger partial charge on any atom is -0.466 e. The SMILES string of the molecule is CC(=O)OCC[C@H]1OC(C)(C)O[C@H]1Cn1cnc2c(C)ncnc21. The number of imidazole rings is 1. The zero-order chi connectivity index (χ0) is 17.3. The maximum atomic E-state index is 10.9. The third-order valence-corrected chi connectivity index (χ3v) is 3.95. The van der Waals surface area contributed by atoms with E-state index >= 15 is 0 Å². The predicted octanol–water partition coefficient (Wildman–Crippen LogP) is 1.61. The van der Waals surface area contributed by atoms with E-state index in [0.29, 0.717) is 19.6 Å². The summed E-state index contributed by atoms with van der Waals surface area (Å²) in [5.74, 6) is -0.968. The normalized spacial score (nSPS) is 22.8. The Morgan fingerprint density at radius 1 is 1.29 bits per heavy atom. The zero-order valence-corrected chi connectivity index (χ0v) is 14.4. The highest BCUT2D eigenvalue weighted by atomic mass is 16.8. The number of carbonyl (C=O) groups excluding carboxylic acids is 1. The van der Waals surface area contributed by atoms with E-state index in [1.54, 1.807) is 6.33 Å². The quantitative estimate of drug-likeness (QED) is 0.767. The number of esters is 1. The highest BCUT2D eigenvalue weighted by Crippen LogP contribution is 2.31. The standard InChI is InChI=1S/C16H22N4O4/c1-10-14-15(18-8-17-10)20(9-19-14)7-13-12(5-6-22-11(2)21)23-16(3,4)24-13/h8-9,12-13H,5-7H2,1-4H3/t12-,13+/m1/s1. The van der Waals surface area contributed by atoms with Crippen LogP contribution in [0.3, 0.4) is 0 Å². The van der Waals surface area contributed by atoms with Gasteiger partial charge < -0.3 is 18.8 Å². The van der Waals surface area contributed by atoms with E-state index in [2.05, 4.69) is 15.0 Å². The van der Waals surface area contributed by atoms with Gasteiger partial charge in [-0.25, -0.2) is 15.0 Å². The molecule has 0 aliphatic carbocycles. The summed E-state index contributed by atoms with van der Waals surface area (Å²) in [5.41, 5.74) is 2.40. The Morgan fingerprint density at radius 2 is 2.04 bits per heavy atom. The summed E-state index contributed by atoms with van der Waals surface area (Å²) >= 11 is 0. The first-order valence-electron chi connectivity index (χ1n) is 7.97. The van der Waals surface area contributed by atoms with E-state index in [9.17, 15) is 4.79 Å². The molecule has 2 aromatic rings. The van der Waals surface area contributed by atoms with Gasteiger partial charge in [-0.1, -0.05) is 0 Å². The number of rotatable bonds is 5. The fourth-order valence-corrected chi connectivity index (χ4v) is 2.95. The summed E-state index contributed by atoms with van der Waals surface area (Å²) in [6.07, 6.45) is 3.51. The maximum absolute atomic E-state index is 10.9. The maximum Gasteiger partial charge on any atom is 0.302 e. The summed E-state index contributed by atoms with van der Waals surface area (Å²) in [6, 6.07) is 0. The fourth-order valence-electron chi connectivity index (χ4n) is 2.95. The molecule has 2 atom stereocenters. The summed E-state index contributed by atoms with van der Waals surface area (Å²) < 4.78 is 18.9. The van der Waals surface area contributed by atoms with Crippen molar-refractivity contribution in [1.82, 2.24) is 19.5 Å². The molecule has 3 rings (SSSR count). The molecule has 0 bridgehead atoms. The summed E-state index contributed by atoms with van der Waals surface area (Å²) in [5, 5.41) is 0. The largest absolute Gasteiger partial charge is 0.466 e. The van der Waals surface area contributed by atoms with E-state index < -0.39 is 5.79 Å². The van der Waals surface area contributed by atoms with E-state index in [1.807, 2.05) is 25.3 Å². The lowest BCUT2D eigenvalue weighted by molar-refractivity contribution is -0.150. The highest BCUT2D eigenvalue weighted by molar-refractivity contribution is 5.72. The first kappa shape index (κ1) is 16.8. The molecule has 0 aromatic carbocycles. The third kappa shape index (κ3) is 3.54. The number of hydrogen-bond acceptors (Lipinski definition) is 7. The number of nitrogens with zero attached hydrogens (tertiary/aromatic N) is 4. The Bertz CT molecular complexity index is 743. The van der Waals surface area contributed by atoms with Crippen LogP contribution >= 0.6 is 0 Å². The van der Waals surface area contributed by atoms with Crippen LogP contribution in [-0.2, 0) is 25.5 Å². The van der Waals surface area contributed by atoms with Crippen molar-refractivity contribution in [3.63, 3.8) is 0 Å². The minimum absolute atomic E-state index is 0.167. The van der Waals surface area contributed by atoms with Crippen LogP contribution in [0.2, 0.25) is 0 Å². The van der Waals surface area contributed by atoms with Crippen LogP contribution in [0.1, 0.15) is 32.9 Å². The molecule has 0 saturated carbocycles. The first-order chi connectivity index (χ1) is 11.4. The van der Waals surface area contributed by atoms with Crippen molar-refractivity contribution >= 4 is 17.1 Å². The molecular formula is C16H22N4O4. The van der Waals surface area contributed by atoms with Crippen LogP contribution in [-0.4, -0.2) is 50.1 Å². The number of ether oxygens (including phenoxy) is 3. The van der Waals surface area contributed by atoms with Crippen LogP contribution in [0.15, 0.2) is 12.7 Å². The lowest BCUT2D eigenvalue weighted by Crippen LogP contribution is -2.29. The number of carbonyl (C=O) groups is 1. The lowest BCUT2D eigenvalue weighted by atomic mass is 10.1. The van der Waals surface area contributed by atoms with Crippen LogP contribution in [0.4, 0.5) is 0 Å². The first-order valence-corrected chi connectivity index (χ1v) is 7.97. The van der Waals surface area contributed by atoms with Crippen molar-refractivity contribution in [2.75, 3.05) is 6.61 Å². The molecule has 24 heavy (non-hydrogen) atoms. The number of aryl methyl sites for hydroxylation is 1. The van der Waals surface area contributed by atoms with E-state index in [-0.39, 0.29) is 18.2 Å². The van der Waals surface area contributed by atoms with Gasteiger partial charge in [0.15, 0.2) is 11.4 Å². The molecule has 1 saturated heterocycles. The zero-order valence-electron chi connectivity index (χ0n) is 14.4. The average molecular weight is 334 g/mol. The Hall–Kier alpha value is -2.06. The molecule has 0 unspecified atom stereocenters. The van der Waals surface area contributed by atoms with E-state index in [4.69, 9.17) is 14.2 Å². The Kier molecular flexibility index (Phi) is 4.51. The van der Waals surface area contributed by atoms with E-state index in [1.165, 1.54) is 13.3 Å². The smallest absolute Gasteiger partial charge is 0.302 e. The molecular weight excluding hydrogens is 312 g/mol. The molecule has 0 spiro atoms. The monoisotopic (exact) mass is 334 g/mol.